The molecular weight excluding hydrogens is 216 g/mol. The van der Waals surface area contributed by atoms with Crippen LogP contribution in [-0.4, -0.2) is 30.3 Å². The van der Waals surface area contributed by atoms with Gasteiger partial charge in [0.05, 0.1) is 5.51 Å². The standard InChI is InChI=1S/C7H4N6OS/c1-4(9-3-15-1)7-11-6(13-14-7)5-8-2-10-12-5/h1-3H,(H,8,10,12). The molecule has 0 saturated carbocycles. The fourth-order valence-corrected chi connectivity index (χ4v) is 1.58. The molecule has 0 aliphatic rings. The molecule has 3 aromatic rings. The highest BCUT2D eigenvalue weighted by Crippen LogP contribution is 2.19. The molecule has 8 heteroatoms. The summed E-state index contributed by atoms with van der Waals surface area (Å²) in [5.74, 6) is 1.22. The van der Waals surface area contributed by atoms with Crippen LogP contribution in [0.2, 0.25) is 0 Å². The van der Waals surface area contributed by atoms with E-state index in [1.165, 1.54) is 17.7 Å². The van der Waals surface area contributed by atoms with Gasteiger partial charge in [0.15, 0.2) is 5.82 Å². The van der Waals surface area contributed by atoms with Gasteiger partial charge in [0.25, 0.3) is 5.89 Å². The summed E-state index contributed by atoms with van der Waals surface area (Å²) in [6.07, 6.45) is 1.38. The number of hydrogen-bond donors (Lipinski definition) is 1. The van der Waals surface area contributed by atoms with Crippen LogP contribution in [0.3, 0.4) is 0 Å². The van der Waals surface area contributed by atoms with Crippen molar-refractivity contribution in [2.24, 2.45) is 0 Å². The van der Waals surface area contributed by atoms with Gasteiger partial charge in [0.2, 0.25) is 5.82 Å². The lowest BCUT2D eigenvalue weighted by atomic mass is 10.5. The van der Waals surface area contributed by atoms with E-state index < -0.39 is 0 Å². The van der Waals surface area contributed by atoms with E-state index in [1.807, 2.05) is 5.38 Å². The first-order chi connectivity index (χ1) is 7.43. The van der Waals surface area contributed by atoms with E-state index in [9.17, 15) is 0 Å². The number of thiazole rings is 1. The van der Waals surface area contributed by atoms with Crippen molar-refractivity contribution < 1.29 is 4.52 Å². The summed E-state index contributed by atoms with van der Waals surface area (Å²) >= 11 is 1.47. The molecular formula is C7H4N6OS. The highest BCUT2D eigenvalue weighted by molar-refractivity contribution is 7.07. The summed E-state index contributed by atoms with van der Waals surface area (Å²) in [4.78, 5) is 12.1. The van der Waals surface area contributed by atoms with Crippen molar-refractivity contribution in [1.29, 1.82) is 0 Å². The van der Waals surface area contributed by atoms with E-state index in [1.54, 1.807) is 5.51 Å². The summed E-state index contributed by atoms with van der Waals surface area (Å²) < 4.78 is 5.03. The number of aromatic amines is 1. The second kappa shape index (κ2) is 3.24. The molecule has 0 amide bonds. The van der Waals surface area contributed by atoms with Crippen LogP contribution in [0.1, 0.15) is 0 Å². The molecule has 15 heavy (non-hydrogen) atoms. The van der Waals surface area contributed by atoms with E-state index in [2.05, 4.69) is 30.3 Å². The van der Waals surface area contributed by atoms with Crippen molar-refractivity contribution in [3.63, 3.8) is 0 Å². The molecule has 0 bridgehead atoms. The van der Waals surface area contributed by atoms with Gasteiger partial charge in [0, 0.05) is 5.38 Å². The van der Waals surface area contributed by atoms with Crippen LogP contribution < -0.4 is 0 Å². The highest BCUT2D eigenvalue weighted by atomic mass is 32.1. The quantitative estimate of drug-likeness (QED) is 0.691. The number of hydrogen-bond acceptors (Lipinski definition) is 7. The minimum absolute atomic E-state index is 0.371. The highest BCUT2D eigenvalue weighted by Gasteiger charge is 2.13. The maximum absolute atomic E-state index is 5.03. The molecule has 0 aliphatic heterocycles. The third kappa shape index (κ3) is 1.40. The van der Waals surface area contributed by atoms with Gasteiger partial charge in [-0.3, -0.25) is 5.10 Å². The molecule has 0 atom stereocenters. The lowest BCUT2D eigenvalue weighted by Gasteiger charge is -1.82. The molecule has 7 nitrogen and oxygen atoms in total. The Balaban J connectivity index is 2.02. The second-order valence-electron chi connectivity index (χ2n) is 2.63. The van der Waals surface area contributed by atoms with Crippen LogP contribution >= 0.6 is 11.3 Å². The van der Waals surface area contributed by atoms with Crippen LogP contribution in [0.4, 0.5) is 0 Å². The van der Waals surface area contributed by atoms with Gasteiger partial charge in [-0.1, -0.05) is 5.16 Å². The van der Waals surface area contributed by atoms with E-state index in [0.717, 1.165) is 0 Å². The Kier molecular flexibility index (Phi) is 1.78. The smallest absolute Gasteiger partial charge is 0.277 e. The molecule has 3 rings (SSSR count). The van der Waals surface area contributed by atoms with Gasteiger partial charge in [-0.05, 0) is 0 Å². The van der Waals surface area contributed by atoms with E-state index in [4.69, 9.17) is 4.52 Å². The van der Waals surface area contributed by atoms with Crippen LogP contribution in [0.5, 0.6) is 0 Å². The SMILES string of the molecule is c1n[nH]c(-c2noc(-c3cscn3)n2)n1. The number of H-pyrrole nitrogens is 1. The minimum atomic E-state index is 0.371. The van der Waals surface area contributed by atoms with Crippen molar-refractivity contribution >= 4 is 11.3 Å². The fourth-order valence-electron chi connectivity index (χ4n) is 1.06. The maximum atomic E-state index is 5.03. The van der Waals surface area contributed by atoms with E-state index in [-0.39, 0.29) is 0 Å². The number of aromatic nitrogens is 6. The third-order valence-corrected chi connectivity index (χ3v) is 2.29. The lowest BCUT2D eigenvalue weighted by Crippen LogP contribution is -1.83. The number of rotatable bonds is 2. The molecule has 0 radical (unpaired) electrons. The normalized spacial score (nSPS) is 10.7. The topological polar surface area (TPSA) is 93.4 Å². The molecule has 0 unspecified atom stereocenters. The Bertz CT molecular complexity index is 493. The molecule has 1 N–H and O–H groups in total. The van der Waals surface area contributed by atoms with Gasteiger partial charge in [-0.2, -0.15) is 10.1 Å². The zero-order valence-corrected chi connectivity index (χ0v) is 8.10. The van der Waals surface area contributed by atoms with Crippen LogP contribution in [-0.2, 0) is 0 Å². The van der Waals surface area contributed by atoms with Crippen molar-refractivity contribution in [2.75, 3.05) is 0 Å². The van der Waals surface area contributed by atoms with Gasteiger partial charge < -0.3 is 4.52 Å². The summed E-state index contributed by atoms with van der Waals surface area (Å²) in [6.45, 7) is 0. The average molecular weight is 220 g/mol. The number of nitrogens with zero attached hydrogens (tertiary/aromatic N) is 5. The lowest BCUT2D eigenvalue weighted by molar-refractivity contribution is 0.431. The van der Waals surface area contributed by atoms with E-state index >= 15 is 0 Å². The predicted octanol–water partition coefficient (Wildman–Crippen LogP) is 0.978. The summed E-state index contributed by atoms with van der Waals surface area (Å²) in [5, 5.41) is 11.9. The van der Waals surface area contributed by atoms with Crippen LogP contribution in [0.25, 0.3) is 23.2 Å². The van der Waals surface area contributed by atoms with Gasteiger partial charge in [-0.15, -0.1) is 11.3 Å². The van der Waals surface area contributed by atoms with Crippen molar-refractivity contribution in [2.45, 2.75) is 0 Å². The predicted molar refractivity (Wildman–Crippen MR) is 50.8 cm³/mol. The molecule has 0 aromatic carbocycles. The molecule has 3 heterocycles. The maximum Gasteiger partial charge on any atom is 0.277 e. The molecule has 3 aromatic heterocycles. The summed E-state index contributed by atoms with van der Waals surface area (Å²) in [7, 11) is 0. The summed E-state index contributed by atoms with van der Waals surface area (Å²) in [5.41, 5.74) is 2.37. The Morgan fingerprint density at radius 1 is 1.33 bits per heavy atom. The Morgan fingerprint density at radius 3 is 3.07 bits per heavy atom. The average Bonchev–Trinajstić information content (AvgIpc) is 3.02. The zero-order valence-electron chi connectivity index (χ0n) is 7.28. The van der Waals surface area contributed by atoms with Crippen LogP contribution in [0.15, 0.2) is 21.7 Å². The van der Waals surface area contributed by atoms with E-state index in [0.29, 0.717) is 23.2 Å². The zero-order chi connectivity index (χ0) is 10.1. The molecule has 0 aliphatic carbocycles. The second-order valence-corrected chi connectivity index (χ2v) is 3.35. The first-order valence-electron chi connectivity index (χ1n) is 4.01. The largest absolute Gasteiger partial charge is 0.332 e. The van der Waals surface area contributed by atoms with Crippen molar-refractivity contribution in [1.82, 2.24) is 30.3 Å². The molecule has 0 fully saturated rings. The minimum Gasteiger partial charge on any atom is -0.332 e. The fraction of sp³-hybridized carbons (Fsp3) is 0. The first kappa shape index (κ1) is 8.24. The summed E-state index contributed by atoms with van der Waals surface area (Å²) in [6, 6.07) is 0. The first-order valence-corrected chi connectivity index (χ1v) is 4.96. The number of nitrogens with one attached hydrogen (secondary N) is 1. The molecule has 74 valence electrons. The van der Waals surface area contributed by atoms with Gasteiger partial charge >= 0.3 is 0 Å². The van der Waals surface area contributed by atoms with Crippen LogP contribution in [0, 0.1) is 0 Å². The van der Waals surface area contributed by atoms with Crippen molar-refractivity contribution in [3.8, 4) is 23.2 Å². The Labute approximate surface area is 87.2 Å². The molecule has 0 spiro atoms. The Hall–Kier alpha value is -2.09. The van der Waals surface area contributed by atoms with Crippen molar-refractivity contribution in [3.05, 3.63) is 17.2 Å². The monoisotopic (exact) mass is 220 g/mol. The Morgan fingerprint density at radius 2 is 2.33 bits per heavy atom. The van der Waals surface area contributed by atoms with Gasteiger partial charge in [0.1, 0.15) is 12.0 Å². The molecule has 0 saturated heterocycles. The third-order valence-electron chi connectivity index (χ3n) is 1.70. The van der Waals surface area contributed by atoms with Gasteiger partial charge in [-0.25, -0.2) is 9.97 Å².